The molecule has 0 N–H and O–H groups in total. The highest BCUT2D eigenvalue weighted by Crippen LogP contribution is 1.99. The van der Waals surface area contributed by atoms with E-state index in [-0.39, 0.29) is 0 Å². The van der Waals surface area contributed by atoms with Crippen molar-refractivity contribution in [3.63, 3.8) is 0 Å². The van der Waals surface area contributed by atoms with Crippen molar-refractivity contribution in [1.82, 2.24) is 0 Å². The molecule has 0 radical (unpaired) electrons. The zero-order valence-electron chi connectivity index (χ0n) is 10.3. The number of unbranched alkanes of at least 4 members (excludes halogenated alkanes) is 1. The monoisotopic (exact) mass is 208 g/mol. The van der Waals surface area contributed by atoms with Gasteiger partial charge in [0.1, 0.15) is 0 Å². The summed E-state index contributed by atoms with van der Waals surface area (Å²) >= 11 is 0. The Balaban J connectivity index is 0.000000921. The van der Waals surface area contributed by atoms with E-state index in [0.29, 0.717) is 0 Å². The van der Waals surface area contributed by atoms with Gasteiger partial charge in [0.25, 0.3) is 0 Å². The first-order valence-corrected chi connectivity index (χ1v) is 6.05. The molecule has 0 saturated carbocycles. The Morgan fingerprint density at radius 2 is 1.67 bits per heavy atom. The van der Waals surface area contributed by atoms with E-state index in [0.717, 1.165) is 19.6 Å². The first-order chi connectivity index (χ1) is 7.43. The van der Waals surface area contributed by atoms with Crippen LogP contribution in [0.15, 0.2) is 30.3 Å². The second-order valence-corrected chi connectivity index (χ2v) is 3.20. The Morgan fingerprint density at radius 1 is 1.00 bits per heavy atom. The van der Waals surface area contributed by atoms with Crippen LogP contribution in [0.5, 0.6) is 0 Å². The Labute approximate surface area is 94.5 Å². The van der Waals surface area contributed by atoms with Gasteiger partial charge in [-0.1, -0.05) is 57.5 Å². The molecule has 0 atom stereocenters. The van der Waals surface area contributed by atoms with Crippen LogP contribution in [0.25, 0.3) is 0 Å². The van der Waals surface area contributed by atoms with Crippen LogP contribution in [0.4, 0.5) is 0 Å². The quantitative estimate of drug-likeness (QED) is 0.640. The lowest BCUT2D eigenvalue weighted by molar-refractivity contribution is 0.134. The van der Waals surface area contributed by atoms with Crippen LogP contribution >= 0.6 is 0 Å². The fourth-order valence-corrected chi connectivity index (χ4v) is 1.18. The average Bonchev–Trinajstić information content (AvgIpc) is 2.33. The second-order valence-electron chi connectivity index (χ2n) is 3.20. The minimum atomic E-state index is 0.851. The molecular weight excluding hydrogens is 184 g/mol. The number of rotatable bonds is 6. The molecule has 86 valence electrons. The van der Waals surface area contributed by atoms with Crippen LogP contribution in [-0.2, 0) is 11.2 Å². The van der Waals surface area contributed by atoms with Gasteiger partial charge in [-0.15, -0.1) is 0 Å². The van der Waals surface area contributed by atoms with Crippen molar-refractivity contribution in [2.24, 2.45) is 0 Å². The zero-order chi connectivity index (χ0) is 11.4. The molecule has 1 nitrogen and oxygen atoms in total. The predicted octanol–water partition coefficient (Wildman–Crippen LogP) is 4.07. The molecule has 0 aliphatic carbocycles. The largest absolute Gasteiger partial charge is 0.381 e. The lowest BCUT2D eigenvalue weighted by Crippen LogP contribution is -1.99. The third kappa shape index (κ3) is 8.19. The van der Waals surface area contributed by atoms with E-state index in [2.05, 4.69) is 31.2 Å². The van der Waals surface area contributed by atoms with E-state index in [4.69, 9.17) is 4.74 Å². The highest BCUT2D eigenvalue weighted by molar-refractivity contribution is 5.14. The van der Waals surface area contributed by atoms with Crippen LogP contribution in [0.1, 0.15) is 39.2 Å². The Kier molecular flexibility index (Phi) is 10.6. The highest BCUT2D eigenvalue weighted by atomic mass is 16.5. The molecule has 0 unspecified atom stereocenters. The number of hydrogen-bond acceptors (Lipinski definition) is 1. The van der Waals surface area contributed by atoms with E-state index < -0.39 is 0 Å². The Hall–Kier alpha value is -0.820. The predicted molar refractivity (Wildman–Crippen MR) is 67.2 cm³/mol. The minimum absolute atomic E-state index is 0.851. The van der Waals surface area contributed by atoms with Crippen molar-refractivity contribution in [2.75, 3.05) is 13.2 Å². The summed E-state index contributed by atoms with van der Waals surface area (Å²) in [5.74, 6) is 0. The molecule has 0 aromatic heterocycles. The summed E-state index contributed by atoms with van der Waals surface area (Å²) in [7, 11) is 0. The molecule has 1 aromatic carbocycles. The van der Waals surface area contributed by atoms with Crippen molar-refractivity contribution >= 4 is 0 Å². The number of ether oxygens (including phenoxy) is 1. The van der Waals surface area contributed by atoms with E-state index in [1.807, 2.05) is 19.9 Å². The molecule has 1 heteroatoms. The van der Waals surface area contributed by atoms with E-state index in [1.165, 1.54) is 18.4 Å². The van der Waals surface area contributed by atoms with Gasteiger partial charge >= 0.3 is 0 Å². The van der Waals surface area contributed by atoms with Crippen molar-refractivity contribution in [3.8, 4) is 0 Å². The van der Waals surface area contributed by atoms with Crippen molar-refractivity contribution in [2.45, 2.75) is 40.0 Å². The first kappa shape index (κ1) is 14.2. The van der Waals surface area contributed by atoms with Gasteiger partial charge in [0, 0.05) is 6.61 Å². The van der Waals surface area contributed by atoms with Crippen molar-refractivity contribution < 1.29 is 4.74 Å². The van der Waals surface area contributed by atoms with Crippen LogP contribution in [0, 0.1) is 0 Å². The smallest absolute Gasteiger partial charge is 0.0506 e. The molecule has 0 amide bonds. The molecule has 0 aliphatic rings. The third-order valence-corrected chi connectivity index (χ3v) is 2.02. The molecule has 0 saturated heterocycles. The Bertz CT molecular complexity index is 206. The van der Waals surface area contributed by atoms with Gasteiger partial charge in [0.05, 0.1) is 6.61 Å². The summed E-state index contributed by atoms with van der Waals surface area (Å²) in [5, 5.41) is 0. The fraction of sp³-hybridized carbons (Fsp3) is 0.571. The molecule has 1 rings (SSSR count). The maximum absolute atomic E-state index is 5.48. The van der Waals surface area contributed by atoms with E-state index in [1.54, 1.807) is 0 Å². The molecule has 0 fully saturated rings. The molecular formula is C14H24O. The number of hydrogen-bond donors (Lipinski definition) is 0. The van der Waals surface area contributed by atoms with Gasteiger partial charge in [-0.25, -0.2) is 0 Å². The van der Waals surface area contributed by atoms with Crippen LogP contribution in [0.2, 0.25) is 0 Å². The number of benzene rings is 1. The highest BCUT2D eigenvalue weighted by Gasteiger charge is 1.91. The van der Waals surface area contributed by atoms with Crippen molar-refractivity contribution in [3.05, 3.63) is 35.9 Å². The van der Waals surface area contributed by atoms with Gasteiger partial charge in [-0.2, -0.15) is 0 Å². The first-order valence-electron chi connectivity index (χ1n) is 6.05. The summed E-state index contributed by atoms with van der Waals surface area (Å²) in [6.07, 6.45) is 3.42. The van der Waals surface area contributed by atoms with Gasteiger partial charge in [0.2, 0.25) is 0 Å². The third-order valence-electron chi connectivity index (χ3n) is 2.02. The van der Waals surface area contributed by atoms with E-state index >= 15 is 0 Å². The molecule has 1 aromatic rings. The summed E-state index contributed by atoms with van der Waals surface area (Å²) in [6.45, 7) is 7.94. The molecule has 0 bridgehead atoms. The molecule has 15 heavy (non-hydrogen) atoms. The van der Waals surface area contributed by atoms with Gasteiger partial charge in [-0.05, 0) is 18.4 Å². The lowest BCUT2D eigenvalue weighted by Gasteiger charge is -2.02. The molecule has 0 spiro atoms. The summed E-state index contributed by atoms with van der Waals surface area (Å²) in [5.41, 5.74) is 1.36. The SMILES string of the molecule is CC.CCCCOCCc1ccccc1. The summed E-state index contributed by atoms with van der Waals surface area (Å²) in [4.78, 5) is 0. The fourth-order valence-electron chi connectivity index (χ4n) is 1.18. The van der Waals surface area contributed by atoms with Crippen LogP contribution < -0.4 is 0 Å². The zero-order valence-corrected chi connectivity index (χ0v) is 10.3. The summed E-state index contributed by atoms with van der Waals surface area (Å²) < 4.78 is 5.48. The lowest BCUT2D eigenvalue weighted by atomic mass is 10.2. The van der Waals surface area contributed by atoms with Gasteiger partial charge in [-0.3, -0.25) is 0 Å². The molecule has 0 aliphatic heterocycles. The van der Waals surface area contributed by atoms with Crippen LogP contribution in [0.3, 0.4) is 0 Å². The van der Waals surface area contributed by atoms with Gasteiger partial charge in [0.15, 0.2) is 0 Å². The topological polar surface area (TPSA) is 9.23 Å². The molecule has 0 heterocycles. The summed E-state index contributed by atoms with van der Waals surface area (Å²) in [6, 6.07) is 10.5. The standard InChI is InChI=1S/C12H18O.C2H6/c1-2-3-10-13-11-9-12-7-5-4-6-8-12;1-2/h4-8H,2-3,9-11H2,1H3;1-2H3. The maximum atomic E-state index is 5.48. The second kappa shape index (κ2) is 11.3. The average molecular weight is 208 g/mol. The van der Waals surface area contributed by atoms with Gasteiger partial charge < -0.3 is 4.74 Å². The van der Waals surface area contributed by atoms with E-state index in [9.17, 15) is 0 Å². The maximum Gasteiger partial charge on any atom is 0.0506 e. The minimum Gasteiger partial charge on any atom is -0.381 e. The Morgan fingerprint density at radius 3 is 2.27 bits per heavy atom. The normalized spacial score (nSPS) is 9.27. The van der Waals surface area contributed by atoms with Crippen molar-refractivity contribution in [1.29, 1.82) is 0 Å². The van der Waals surface area contributed by atoms with Crippen LogP contribution in [-0.4, -0.2) is 13.2 Å².